The van der Waals surface area contributed by atoms with Crippen molar-refractivity contribution in [3.8, 4) is 28.4 Å². The predicted molar refractivity (Wildman–Crippen MR) is 84.8 cm³/mol. The summed E-state index contributed by atoms with van der Waals surface area (Å²) in [5.74, 6) is 0.151. The summed E-state index contributed by atoms with van der Waals surface area (Å²) < 4.78 is 20.1. The Morgan fingerprint density at radius 2 is 1.71 bits per heavy atom. The molecule has 0 aliphatic rings. The van der Waals surface area contributed by atoms with Crippen molar-refractivity contribution in [3.63, 3.8) is 0 Å². The fourth-order valence-corrected chi connectivity index (χ4v) is 2.50. The Labute approximate surface area is 136 Å². The second-order valence-corrected chi connectivity index (χ2v) is 5.23. The predicted octanol–water partition coefficient (Wildman–Crippen LogP) is 3.43. The standard InChI is InChI=1S/C17H12FN5O/c1-11-17(24-22-19-11)15-16(12-5-3-2-4-6-12)23(21-20-15)14-9-7-13(18)8-10-14/h2-10H,1H3. The summed E-state index contributed by atoms with van der Waals surface area (Å²) in [7, 11) is 0. The van der Waals surface area contributed by atoms with Gasteiger partial charge in [-0.3, -0.25) is 0 Å². The summed E-state index contributed by atoms with van der Waals surface area (Å²) in [4.78, 5) is 0. The van der Waals surface area contributed by atoms with Crippen LogP contribution in [0.5, 0.6) is 0 Å². The van der Waals surface area contributed by atoms with Crippen molar-refractivity contribution < 1.29 is 8.91 Å². The number of benzene rings is 2. The highest BCUT2D eigenvalue weighted by molar-refractivity contribution is 5.77. The molecule has 118 valence electrons. The average Bonchev–Trinajstić information content (AvgIpc) is 3.22. The van der Waals surface area contributed by atoms with Gasteiger partial charge < -0.3 is 4.52 Å². The first-order chi connectivity index (χ1) is 11.7. The molecule has 0 saturated carbocycles. The number of halogens is 1. The Balaban J connectivity index is 1.97. The lowest BCUT2D eigenvalue weighted by Crippen LogP contribution is -1.99. The van der Waals surface area contributed by atoms with Crippen molar-refractivity contribution in [1.29, 1.82) is 0 Å². The maximum Gasteiger partial charge on any atom is 0.212 e. The third-order valence-corrected chi connectivity index (χ3v) is 3.66. The monoisotopic (exact) mass is 321 g/mol. The first-order valence-electron chi connectivity index (χ1n) is 7.30. The van der Waals surface area contributed by atoms with Gasteiger partial charge in [0.05, 0.1) is 5.69 Å². The third-order valence-electron chi connectivity index (χ3n) is 3.66. The average molecular weight is 321 g/mol. The van der Waals surface area contributed by atoms with Crippen LogP contribution in [-0.2, 0) is 0 Å². The molecule has 0 amide bonds. The first kappa shape index (κ1) is 14.3. The molecule has 0 atom stereocenters. The molecule has 0 fully saturated rings. The van der Waals surface area contributed by atoms with Gasteiger partial charge in [0.1, 0.15) is 17.2 Å². The lowest BCUT2D eigenvalue weighted by atomic mass is 10.1. The molecule has 0 aliphatic carbocycles. The molecule has 7 heteroatoms. The Kier molecular flexibility index (Phi) is 3.38. The quantitative estimate of drug-likeness (QED) is 0.578. The fourth-order valence-electron chi connectivity index (χ4n) is 2.50. The van der Waals surface area contributed by atoms with E-state index in [0.29, 0.717) is 22.8 Å². The zero-order chi connectivity index (χ0) is 16.5. The highest BCUT2D eigenvalue weighted by atomic mass is 19.1. The molecule has 2 aromatic carbocycles. The molecule has 0 bridgehead atoms. The van der Waals surface area contributed by atoms with Gasteiger partial charge in [0.15, 0.2) is 5.69 Å². The highest BCUT2D eigenvalue weighted by Gasteiger charge is 2.22. The molecule has 0 unspecified atom stereocenters. The van der Waals surface area contributed by atoms with Crippen molar-refractivity contribution in [3.05, 3.63) is 66.1 Å². The van der Waals surface area contributed by atoms with Crippen LogP contribution in [-0.4, -0.2) is 25.4 Å². The van der Waals surface area contributed by atoms with Gasteiger partial charge in [0.25, 0.3) is 0 Å². The molecule has 0 aliphatic heterocycles. The van der Waals surface area contributed by atoms with E-state index >= 15 is 0 Å². The summed E-state index contributed by atoms with van der Waals surface area (Å²) in [6.07, 6.45) is 0. The molecular weight excluding hydrogens is 309 g/mol. The van der Waals surface area contributed by atoms with Crippen molar-refractivity contribution in [2.45, 2.75) is 6.92 Å². The Morgan fingerprint density at radius 1 is 0.958 bits per heavy atom. The van der Waals surface area contributed by atoms with Gasteiger partial charge in [0, 0.05) is 10.8 Å². The summed E-state index contributed by atoms with van der Waals surface area (Å²) in [5.41, 5.74) is 3.48. The normalized spacial score (nSPS) is 10.9. The van der Waals surface area contributed by atoms with Crippen LogP contribution in [0.15, 0.2) is 59.1 Å². The second-order valence-electron chi connectivity index (χ2n) is 5.23. The van der Waals surface area contributed by atoms with Gasteiger partial charge in [-0.25, -0.2) is 9.07 Å². The Hall–Kier alpha value is -3.35. The van der Waals surface area contributed by atoms with Crippen LogP contribution in [0.1, 0.15) is 5.69 Å². The van der Waals surface area contributed by atoms with Gasteiger partial charge in [-0.15, -0.1) is 10.2 Å². The van der Waals surface area contributed by atoms with Crippen LogP contribution in [0.4, 0.5) is 4.39 Å². The Morgan fingerprint density at radius 3 is 2.38 bits per heavy atom. The van der Waals surface area contributed by atoms with E-state index in [-0.39, 0.29) is 5.82 Å². The topological polar surface area (TPSA) is 69.6 Å². The van der Waals surface area contributed by atoms with Crippen LogP contribution in [0.2, 0.25) is 0 Å². The molecule has 0 radical (unpaired) electrons. The molecular formula is C17H12FN5O. The molecule has 0 spiro atoms. The van der Waals surface area contributed by atoms with Gasteiger partial charge in [-0.2, -0.15) is 0 Å². The number of rotatable bonds is 3. The van der Waals surface area contributed by atoms with E-state index in [4.69, 9.17) is 4.52 Å². The van der Waals surface area contributed by atoms with E-state index in [0.717, 1.165) is 11.3 Å². The van der Waals surface area contributed by atoms with E-state index in [1.165, 1.54) is 12.1 Å². The van der Waals surface area contributed by atoms with Crippen LogP contribution < -0.4 is 0 Å². The zero-order valence-electron chi connectivity index (χ0n) is 12.7. The highest BCUT2D eigenvalue weighted by Crippen LogP contribution is 2.32. The minimum atomic E-state index is -0.310. The maximum atomic E-state index is 13.2. The summed E-state index contributed by atoms with van der Waals surface area (Å²) in [5, 5.41) is 15.9. The van der Waals surface area contributed by atoms with Gasteiger partial charge in [-0.1, -0.05) is 35.5 Å². The number of aryl methyl sites for hydroxylation is 1. The van der Waals surface area contributed by atoms with Crippen molar-refractivity contribution in [2.24, 2.45) is 0 Å². The van der Waals surface area contributed by atoms with Gasteiger partial charge >= 0.3 is 0 Å². The van der Waals surface area contributed by atoms with E-state index in [1.54, 1.807) is 23.7 Å². The van der Waals surface area contributed by atoms with Crippen molar-refractivity contribution >= 4 is 0 Å². The molecule has 4 aromatic rings. The largest absolute Gasteiger partial charge is 0.335 e. The third kappa shape index (κ3) is 2.36. The van der Waals surface area contributed by atoms with Gasteiger partial charge in [0.2, 0.25) is 5.76 Å². The van der Waals surface area contributed by atoms with Gasteiger partial charge in [-0.05, 0) is 31.2 Å². The van der Waals surface area contributed by atoms with E-state index in [1.807, 2.05) is 30.3 Å². The van der Waals surface area contributed by atoms with Crippen LogP contribution >= 0.6 is 0 Å². The van der Waals surface area contributed by atoms with Crippen molar-refractivity contribution in [1.82, 2.24) is 25.4 Å². The van der Waals surface area contributed by atoms with E-state index in [9.17, 15) is 4.39 Å². The van der Waals surface area contributed by atoms with Crippen LogP contribution in [0.25, 0.3) is 28.4 Å². The van der Waals surface area contributed by atoms with E-state index in [2.05, 4.69) is 20.7 Å². The smallest absolute Gasteiger partial charge is 0.212 e. The number of hydrogen-bond acceptors (Lipinski definition) is 5. The molecule has 0 N–H and O–H groups in total. The summed E-state index contributed by atoms with van der Waals surface area (Å²) >= 11 is 0. The molecule has 4 rings (SSSR count). The molecule has 24 heavy (non-hydrogen) atoms. The summed E-state index contributed by atoms with van der Waals surface area (Å²) in [6, 6.07) is 15.7. The van der Waals surface area contributed by atoms with Crippen LogP contribution in [0.3, 0.4) is 0 Å². The number of hydrogen-bond donors (Lipinski definition) is 0. The van der Waals surface area contributed by atoms with Crippen LogP contribution in [0, 0.1) is 12.7 Å². The number of nitrogens with zero attached hydrogens (tertiary/aromatic N) is 5. The second kappa shape index (κ2) is 5.69. The molecule has 2 heterocycles. The first-order valence-corrected chi connectivity index (χ1v) is 7.30. The van der Waals surface area contributed by atoms with Crippen molar-refractivity contribution in [2.75, 3.05) is 0 Å². The maximum absolute atomic E-state index is 13.2. The van der Waals surface area contributed by atoms with E-state index < -0.39 is 0 Å². The lowest BCUT2D eigenvalue weighted by Gasteiger charge is -2.07. The minimum Gasteiger partial charge on any atom is -0.335 e. The zero-order valence-corrected chi connectivity index (χ0v) is 12.7. The minimum absolute atomic E-state index is 0.310. The molecule has 2 aromatic heterocycles. The molecule has 6 nitrogen and oxygen atoms in total. The fraction of sp³-hybridized carbons (Fsp3) is 0.0588. The Bertz CT molecular complexity index is 976. The number of aromatic nitrogens is 5. The SMILES string of the molecule is Cc1nnoc1-c1nnn(-c2ccc(F)cc2)c1-c1ccccc1. The summed E-state index contributed by atoms with van der Waals surface area (Å²) in [6.45, 7) is 1.79. The molecule has 0 saturated heterocycles. The lowest BCUT2D eigenvalue weighted by molar-refractivity contribution is 0.402.